The average molecular weight is 401 g/mol. The van der Waals surface area contributed by atoms with Gasteiger partial charge in [0.15, 0.2) is 0 Å². The van der Waals surface area contributed by atoms with Gasteiger partial charge in [0.1, 0.15) is 24.4 Å². The van der Waals surface area contributed by atoms with Crippen LogP contribution in [0.15, 0.2) is 12.2 Å². The third-order valence-corrected chi connectivity index (χ3v) is 5.49. The first kappa shape index (κ1) is 25.6. The van der Waals surface area contributed by atoms with Gasteiger partial charge in [0.2, 0.25) is 0 Å². The van der Waals surface area contributed by atoms with Gasteiger partial charge in [-0.15, -0.1) is 0 Å². The van der Waals surface area contributed by atoms with Gasteiger partial charge >= 0.3 is 0 Å². The van der Waals surface area contributed by atoms with Gasteiger partial charge in [-0.25, -0.2) is 0 Å². The lowest BCUT2D eigenvalue weighted by Gasteiger charge is -2.24. The van der Waals surface area contributed by atoms with Crippen LogP contribution in [-0.2, 0) is 9.47 Å². The lowest BCUT2D eigenvalue weighted by atomic mass is 10.0. The molecular formula is C23H44O5. The van der Waals surface area contributed by atoms with Crippen LogP contribution in [0.3, 0.4) is 0 Å². The van der Waals surface area contributed by atoms with E-state index < -0.39 is 24.4 Å². The number of hydrogen-bond donors (Lipinski definition) is 3. The Balaban J connectivity index is 1.84. The minimum atomic E-state index is -0.977. The van der Waals surface area contributed by atoms with E-state index in [9.17, 15) is 15.3 Å². The molecule has 0 aliphatic carbocycles. The molecule has 0 saturated carbocycles. The Morgan fingerprint density at radius 2 is 1.46 bits per heavy atom. The van der Waals surface area contributed by atoms with Crippen molar-refractivity contribution in [2.45, 2.75) is 115 Å². The molecule has 1 fully saturated rings. The van der Waals surface area contributed by atoms with Crippen molar-refractivity contribution in [1.82, 2.24) is 0 Å². The van der Waals surface area contributed by atoms with Crippen molar-refractivity contribution in [3.05, 3.63) is 12.2 Å². The summed E-state index contributed by atoms with van der Waals surface area (Å²) in [5.41, 5.74) is 0. The molecule has 28 heavy (non-hydrogen) atoms. The third kappa shape index (κ3) is 11.5. The molecule has 5 heteroatoms. The summed E-state index contributed by atoms with van der Waals surface area (Å²) in [6.45, 7) is 2.63. The summed E-state index contributed by atoms with van der Waals surface area (Å²) in [5.74, 6) is 0. The van der Waals surface area contributed by atoms with E-state index in [1.807, 2.05) is 0 Å². The van der Waals surface area contributed by atoms with E-state index >= 15 is 0 Å². The van der Waals surface area contributed by atoms with Crippen molar-refractivity contribution in [2.75, 3.05) is 19.8 Å². The normalized spacial score (nSPS) is 23.6. The minimum Gasteiger partial charge on any atom is -0.394 e. The lowest BCUT2D eigenvalue weighted by Crippen LogP contribution is -2.42. The van der Waals surface area contributed by atoms with Gasteiger partial charge < -0.3 is 24.8 Å². The number of allylic oxidation sites excluding steroid dienone is 2. The summed E-state index contributed by atoms with van der Waals surface area (Å²) in [5, 5.41) is 28.8. The Morgan fingerprint density at radius 1 is 0.893 bits per heavy atom. The van der Waals surface area contributed by atoms with Crippen molar-refractivity contribution in [1.29, 1.82) is 0 Å². The van der Waals surface area contributed by atoms with Crippen LogP contribution in [0.1, 0.15) is 90.4 Å². The van der Waals surface area contributed by atoms with Crippen LogP contribution in [-0.4, -0.2) is 59.6 Å². The molecule has 166 valence electrons. The maximum absolute atomic E-state index is 9.83. The summed E-state index contributed by atoms with van der Waals surface area (Å²) < 4.78 is 11.0. The predicted molar refractivity (Wildman–Crippen MR) is 113 cm³/mol. The fraction of sp³-hybridized carbons (Fsp3) is 0.913. The molecule has 5 nitrogen and oxygen atoms in total. The second-order valence-corrected chi connectivity index (χ2v) is 8.01. The van der Waals surface area contributed by atoms with Crippen LogP contribution >= 0.6 is 0 Å². The topological polar surface area (TPSA) is 79.2 Å². The second-order valence-electron chi connectivity index (χ2n) is 8.01. The van der Waals surface area contributed by atoms with Crippen LogP contribution < -0.4 is 0 Å². The van der Waals surface area contributed by atoms with Gasteiger partial charge in [0.25, 0.3) is 0 Å². The zero-order valence-electron chi connectivity index (χ0n) is 17.9. The monoisotopic (exact) mass is 400 g/mol. The smallest absolute Gasteiger partial charge is 0.114 e. The van der Waals surface area contributed by atoms with Crippen LogP contribution in [0.4, 0.5) is 0 Å². The first-order valence-corrected chi connectivity index (χ1v) is 11.6. The molecular weight excluding hydrogens is 356 g/mol. The summed E-state index contributed by atoms with van der Waals surface area (Å²) in [7, 11) is 0. The number of unbranched alkanes of at least 4 members (excludes halogenated alkanes) is 11. The molecule has 0 aromatic heterocycles. The predicted octanol–water partition coefficient (Wildman–Crippen LogP) is 4.13. The first-order valence-electron chi connectivity index (χ1n) is 11.6. The number of aliphatic hydroxyl groups is 3. The van der Waals surface area contributed by atoms with Crippen molar-refractivity contribution in [3.63, 3.8) is 0 Å². The molecule has 0 aromatic carbocycles. The van der Waals surface area contributed by atoms with Gasteiger partial charge in [0, 0.05) is 6.61 Å². The Morgan fingerprint density at radius 3 is 1.96 bits per heavy atom. The highest BCUT2D eigenvalue weighted by Crippen LogP contribution is 2.20. The standard InChI is InChI=1S/C23H44O5/c1-2-3-4-5-6-7-8-9-10-11-12-13-14-15-16-17-27-21(18-24)23-22(26)20(25)19-28-23/h3-4,20-26H,2,5-19H2,1H3/b4-3+/t20-,21+,22-,23-/m0/s1. The van der Waals surface area contributed by atoms with E-state index in [2.05, 4.69) is 19.1 Å². The molecule has 1 heterocycles. The molecule has 0 radical (unpaired) electrons. The number of rotatable bonds is 18. The molecule has 1 rings (SSSR count). The number of hydrogen-bond acceptors (Lipinski definition) is 5. The van der Waals surface area contributed by atoms with Crippen molar-refractivity contribution < 1.29 is 24.8 Å². The molecule has 0 amide bonds. The molecule has 0 bridgehead atoms. The van der Waals surface area contributed by atoms with Crippen LogP contribution in [0, 0.1) is 0 Å². The third-order valence-electron chi connectivity index (χ3n) is 5.49. The van der Waals surface area contributed by atoms with E-state index in [0.29, 0.717) is 6.61 Å². The Labute approximate surface area is 172 Å². The highest BCUT2D eigenvalue weighted by Gasteiger charge is 2.40. The van der Waals surface area contributed by atoms with Crippen LogP contribution in [0.2, 0.25) is 0 Å². The van der Waals surface area contributed by atoms with Gasteiger partial charge in [-0.05, 0) is 25.7 Å². The number of ether oxygens (including phenoxy) is 2. The molecule has 4 atom stereocenters. The SMILES string of the molecule is CC/C=C/CCCCCCCCCCCCCO[C@H](CO)[C@@H]1OC[C@H](O)[C@@H]1O. The van der Waals surface area contributed by atoms with Gasteiger partial charge in [-0.1, -0.05) is 76.9 Å². The molecule has 0 spiro atoms. The van der Waals surface area contributed by atoms with E-state index in [-0.39, 0.29) is 13.2 Å². The zero-order valence-corrected chi connectivity index (χ0v) is 17.9. The summed E-state index contributed by atoms with van der Waals surface area (Å²) in [6, 6.07) is 0. The van der Waals surface area contributed by atoms with E-state index in [1.165, 1.54) is 64.2 Å². The molecule has 1 saturated heterocycles. The fourth-order valence-corrected chi connectivity index (χ4v) is 3.68. The van der Waals surface area contributed by atoms with Crippen molar-refractivity contribution in [3.8, 4) is 0 Å². The molecule has 1 aliphatic heterocycles. The maximum atomic E-state index is 9.83. The summed E-state index contributed by atoms with van der Waals surface area (Å²) in [6.07, 6.45) is 18.0. The summed E-state index contributed by atoms with van der Waals surface area (Å²) in [4.78, 5) is 0. The Kier molecular flexibility index (Phi) is 15.9. The first-order chi connectivity index (χ1) is 13.7. The zero-order chi connectivity index (χ0) is 20.5. The second kappa shape index (κ2) is 17.4. The van der Waals surface area contributed by atoms with Crippen molar-refractivity contribution >= 4 is 0 Å². The molecule has 3 N–H and O–H groups in total. The Bertz CT molecular complexity index is 374. The Hall–Kier alpha value is -0.460. The minimum absolute atomic E-state index is 0.0992. The van der Waals surface area contributed by atoms with Gasteiger partial charge in [0.05, 0.1) is 13.2 Å². The summed E-state index contributed by atoms with van der Waals surface area (Å²) >= 11 is 0. The van der Waals surface area contributed by atoms with Crippen LogP contribution in [0.5, 0.6) is 0 Å². The lowest BCUT2D eigenvalue weighted by molar-refractivity contribution is -0.101. The largest absolute Gasteiger partial charge is 0.394 e. The highest BCUT2D eigenvalue weighted by atomic mass is 16.6. The molecule has 1 aliphatic rings. The highest BCUT2D eigenvalue weighted by molar-refractivity contribution is 4.88. The van der Waals surface area contributed by atoms with E-state index in [4.69, 9.17) is 9.47 Å². The molecule has 0 unspecified atom stereocenters. The van der Waals surface area contributed by atoms with E-state index in [0.717, 1.165) is 19.3 Å². The van der Waals surface area contributed by atoms with Crippen LogP contribution in [0.25, 0.3) is 0 Å². The van der Waals surface area contributed by atoms with E-state index in [1.54, 1.807) is 0 Å². The van der Waals surface area contributed by atoms with Crippen molar-refractivity contribution in [2.24, 2.45) is 0 Å². The van der Waals surface area contributed by atoms with Gasteiger partial charge in [-0.2, -0.15) is 0 Å². The number of aliphatic hydroxyl groups excluding tert-OH is 3. The molecule has 0 aromatic rings. The average Bonchev–Trinajstić information content (AvgIpc) is 3.03. The fourth-order valence-electron chi connectivity index (χ4n) is 3.68. The maximum Gasteiger partial charge on any atom is 0.114 e. The van der Waals surface area contributed by atoms with Gasteiger partial charge in [-0.3, -0.25) is 0 Å². The quantitative estimate of drug-likeness (QED) is 0.238.